The number of benzene rings is 1. The number of carbonyl (C=O) groups is 2. The van der Waals surface area contributed by atoms with Crippen LogP contribution in [-0.4, -0.2) is 39.5 Å². The van der Waals surface area contributed by atoms with Crippen LogP contribution in [0.2, 0.25) is 0 Å². The van der Waals surface area contributed by atoms with Crippen LogP contribution in [0.5, 0.6) is 0 Å². The van der Waals surface area contributed by atoms with Gasteiger partial charge < -0.3 is 10.1 Å². The lowest BCUT2D eigenvalue weighted by Gasteiger charge is -2.13. The molecule has 0 unspecified atom stereocenters. The molecule has 0 spiro atoms. The molecule has 0 aromatic heterocycles. The van der Waals surface area contributed by atoms with Gasteiger partial charge in [0.1, 0.15) is 11.9 Å². The third-order valence-corrected chi connectivity index (χ3v) is 4.27. The molecule has 0 radical (unpaired) electrons. The van der Waals surface area contributed by atoms with Gasteiger partial charge in [-0.25, -0.2) is 12.8 Å². The monoisotopic (exact) mass is 357 g/mol. The number of ether oxygens (including phenoxy) is 1. The van der Waals surface area contributed by atoms with Gasteiger partial charge in [-0.3, -0.25) is 9.59 Å². The summed E-state index contributed by atoms with van der Waals surface area (Å²) in [7, 11) is -4.03. The van der Waals surface area contributed by atoms with Crippen LogP contribution in [0, 0.1) is 17.1 Å². The van der Waals surface area contributed by atoms with Crippen molar-refractivity contribution in [2.24, 2.45) is 0 Å². The third kappa shape index (κ3) is 6.31. The molecular formula is C14H16FN3O5S. The molecule has 1 amide bonds. The lowest BCUT2D eigenvalue weighted by molar-refractivity contribution is -0.149. The molecular weight excluding hydrogens is 341 g/mol. The van der Waals surface area contributed by atoms with Gasteiger partial charge in [-0.2, -0.15) is 9.98 Å². The Bertz CT molecular complexity index is 728. The van der Waals surface area contributed by atoms with Gasteiger partial charge in [-0.1, -0.05) is 0 Å². The SMILES string of the molecule is C[C@H](NS(=O)(=O)c1ccc(F)cc1)C(=O)OCC(=O)NCCC#N. The van der Waals surface area contributed by atoms with Crippen LogP contribution >= 0.6 is 0 Å². The quantitative estimate of drug-likeness (QED) is 0.501. The standard InChI is InChI=1S/C14H16FN3O5S/c1-10(14(20)23-9-13(19)17-8-2-7-16)18-24(21,22)12-5-3-11(15)4-6-12/h3-6,10,18H,2,8-9H2,1H3,(H,17,19)/t10-/m0/s1. The molecule has 1 rings (SSSR count). The Labute approximate surface area is 138 Å². The molecule has 8 nitrogen and oxygen atoms in total. The van der Waals surface area contributed by atoms with E-state index < -0.39 is 40.4 Å². The number of nitriles is 1. The number of hydrogen-bond acceptors (Lipinski definition) is 6. The number of halogens is 1. The maximum atomic E-state index is 12.8. The molecule has 0 saturated carbocycles. The lowest BCUT2D eigenvalue weighted by Crippen LogP contribution is -2.41. The molecule has 0 aliphatic carbocycles. The zero-order chi connectivity index (χ0) is 18.2. The van der Waals surface area contributed by atoms with Crippen LogP contribution in [-0.2, 0) is 24.3 Å². The first-order valence-electron chi connectivity index (χ1n) is 6.84. The van der Waals surface area contributed by atoms with Crippen molar-refractivity contribution in [3.05, 3.63) is 30.1 Å². The molecule has 0 heterocycles. The Morgan fingerprint density at radius 1 is 1.33 bits per heavy atom. The van der Waals surface area contributed by atoms with Gasteiger partial charge in [0.15, 0.2) is 6.61 Å². The molecule has 1 aromatic carbocycles. The second-order valence-corrected chi connectivity index (χ2v) is 6.38. The summed E-state index contributed by atoms with van der Waals surface area (Å²) in [6.45, 7) is 0.781. The van der Waals surface area contributed by atoms with Crippen molar-refractivity contribution in [1.82, 2.24) is 10.0 Å². The van der Waals surface area contributed by atoms with Crippen molar-refractivity contribution in [3.8, 4) is 6.07 Å². The molecule has 1 aromatic rings. The molecule has 24 heavy (non-hydrogen) atoms. The minimum absolute atomic E-state index is 0.119. The summed E-state index contributed by atoms with van der Waals surface area (Å²) in [5, 5.41) is 10.7. The molecule has 0 aliphatic rings. The van der Waals surface area contributed by atoms with Crippen molar-refractivity contribution in [1.29, 1.82) is 5.26 Å². The van der Waals surface area contributed by atoms with Crippen molar-refractivity contribution < 1.29 is 27.1 Å². The molecule has 1 atom stereocenters. The number of nitrogens with zero attached hydrogens (tertiary/aromatic N) is 1. The first-order chi connectivity index (χ1) is 11.3. The van der Waals surface area contributed by atoms with Gasteiger partial charge in [0.25, 0.3) is 5.91 Å². The average Bonchev–Trinajstić information content (AvgIpc) is 2.52. The number of hydrogen-bond donors (Lipinski definition) is 2. The summed E-state index contributed by atoms with van der Waals surface area (Å²) < 4.78 is 43.6. The van der Waals surface area contributed by atoms with Crippen molar-refractivity contribution in [2.45, 2.75) is 24.3 Å². The molecule has 10 heteroatoms. The highest BCUT2D eigenvalue weighted by Gasteiger charge is 2.23. The fourth-order valence-electron chi connectivity index (χ4n) is 1.53. The Hall–Kier alpha value is -2.51. The minimum Gasteiger partial charge on any atom is -0.454 e. The van der Waals surface area contributed by atoms with Gasteiger partial charge in [0.05, 0.1) is 17.4 Å². The summed E-state index contributed by atoms with van der Waals surface area (Å²) in [4.78, 5) is 22.8. The summed E-state index contributed by atoms with van der Waals surface area (Å²) in [5.74, 6) is -2.15. The van der Waals surface area contributed by atoms with E-state index in [4.69, 9.17) is 5.26 Å². The van der Waals surface area contributed by atoms with Gasteiger partial charge >= 0.3 is 5.97 Å². The summed E-state index contributed by atoms with van der Waals surface area (Å²) in [6, 6.07) is 4.64. The molecule has 0 saturated heterocycles. The predicted octanol–water partition coefficient (Wildman–Crippen LogP) is 0.0656. The fourth-order valence-corrected chi connectivity index (χ4v) is 2.73. The van der Waals surface area contributed by atoms with E-state index in [1.54, 1.807) is 0 Å². The lowest BCUT2D eigenvalue weighted by atomic mass is 10.4. The Balaban J connectivity index is 2.53. The van der Waals surface area contributed by atoms with Crippen molar-refractivity contribution in [3.63, 3.8) is 0 Å². The van der Waals surface area contributed by atoms with E-state index in [0.29, 0.717) is 0 Å². The molecule has 130 valence electrons. The number of rotatable bonds is 8. The highest BCUT2D eigenvalue weighted by Crippen LogP contribution is 2.10. The highest BCUT2D eigenvalue weighted by molar-refractivity contribution is 7.89. The van der Waals surface area contributed by atoms with Crippen molar-refractivity contribution >= 4 is 21.9 Å². The van der Waals surface area contributed by atoms with E-state index in [-0.39, 0.29) is 17.9 Å². The number of carbonyl (C=O) groups excluding carboxylic acids is 2. The average molecular weight is 357 g/mol. The van der Waals surface area contributed by atoms with E-state index in [2.05, 4.69) is 14.8 Å². The van der Waals surface area contributed by atoms with Gasteiger partial charge in [-0.05, 0) is 31.2 Å². The van der Waals surface area contributed by atoms with E-state index >= 15 is 0 Å². The maximum absolute atomic E-state index is 12.8. The topological polar surface area (TPSA) is 125 Å². The molecule has 0 fully saturated rings. The number of nitrogens with one attached hydrogen (secondary N) is 2. The smallest absolute Gasteiger partial charge is 0.324 e. The first-order valence-corrected chi connectivity index (χ1v) is 8.33. The second kappa shape index (κ2) is 8.95. The van der Waals surface area contributed by atoms with Gasteiger partial charge in [0.2, 0.25) is 10.0 Å². The van der Waals surface area contributed by atoms with E-state index in [9.17, 15) is 22.4 Å². The van der Waals surface area contributed by atoms with E-state index in [1.807, 2.05) is 6.07 Å². The van der Waals surface area contributed by atoms with Crippen LogP contribution < -0.4 is 10.0 Å². The Kier molecular flexibility index (Phi) is 7.29. The first kappa shape index (κ1) is 19.5. The van der Waals surface area contributed by atoms with E-state index in [0.717, 1.165) is 24.3 Å². The number of amides is 1. The number of sulfonamides is 1. The molecule has 0 aliphatic heterocycles. The molecule has 0 bridgehead atoms. The zero-order valence-corrected chi connectivity index (χ0v) is 13.6. The maximum Gasteiger partial charge on any atom is 0.324 e. The summed E-state index contributed by atoms with van der Waals surface area (Å²) in [6.07, 6.45) is 0.119. The normalized spacial score (nSPS) is 12.0. The number of esters is 1. The van der Waals surface area contributed by atoms with Crippen LogP contribution in [0.15, 0.2) is 29.2 Å². The minimum atomic E-state index is -4.03. The van der Waals surface area contributed by atoms with Crippen LogP contribution in [0.4, 0.5) is 4.39 Å². The van der Waals surface area contributed by atoms with Gasteiger partial charge in [-0.15, -0.1) is 0 Å². The third-order valence-electron chi connectivity index (χ3n) is 2.71. The van der Waals surface area contributed by atoms with Crippen LogP contribution in [0.25, 0.3) is 0 Å². The van der Waals surface area contributed by atoms with Crippen LogP contribution in [0.3, 0.4) is 0 Å². The largest absolute Gasteiger partial charge is 0.454 e. The van der Waals surface area contributed by atoms with Gasteiger partial charge in [0, 0.05) is 6.54 Å². The summed E-state index contributed by atoms with van der Waals surface area (Å²) in [5.41, 5.74) is 0. The second-order valence-electron chi connectivity index (χ2n) is 4.66. The summed E-state index contributed by atoms with van der Waals surface area (Å²) >= 11 is 0. The van der Waals surface area contributed by atoms with Crippen molar-refractivity contribution in [2.75, 3.05) is 13.2 Å². The highest BCUT2D eigenvalue weighted by atomic mass is 32.2. The van der Waals surface area contributed by atoms with E-state index in [1.165, 1.54) is 6.92 Å². The van der Waals surface area contributed by atoms with Crippen LogP contribution in [0.1, 0.15) is 13.3 Å². The Morgan fingerprint density at radius 3 is 2.54 bits per heavy atom. The fraction of sp³-hybridized carbons (Fsp3) is 0.357. The zero-order valence-electron chi connectivity index (χ0n) is 12.8. The Morgan fingerprint density at radius 2 is 1.96 bits per heavy atom. The molecule has 2 N–H and O–H groups in total. The predicted molar refractivity (Wildman–Crippen MR) is 80.4 cm³/mol.